The number of halogens is 5. The number of hydrogen-bond donors (Lipinski definition) is 2. The summed E-state index contributed by atoms with van der Waals surface area (Å²) in [7, 11) is 1.25. The molecule has 1 aromatic carbocycles. The van der Waals surface area contributed by atoms with E-state index in [9.17, 15) is 27.9 Å². The minimum absolute atomic E-state index is 0.150. The molecule has 0 bridgehead atoms. The van der Waals surface area contributed by atoms with Crippen molar-refractivity contribution in [2.24, 2.45) is 5.41 Å². The highest BCUT2D eigenvalue weighted by Gasteiger charge is 2.48. The number of amides is 2. The second kappa shape index (κ2) is 10.1. The number of benzene rings is 1. The Kier molecular flexibility index (Phi) is 8.85. The van der Waals surface area contributed by atoms with Gasteiger partial charge in [0.05, 0.1) is 10.0 Å². The molecule has 2 unspecified atom stereocenters. The molecule has 0 radical (unpaired) electrons. The largest absolute Gasteiger partial charge is 0.465 e. The number of carbonyl (C=O) groups is 2. The van der Waals surface area contributed by atoms with Crippen molar-refractivity contribution in [2.45, 2.75) is 51.2 Å². The van der Waals surface area contributed by atoms with Crippen LogP contribution in [0.2, 0.25) is 10.0 Å². The van der Waals surface area contributed by atoms with E-state index >= 15 is 0 Å². The highest BCUT2D eigenvalue weighted by molar-refractivity contribution is 6.42. The van der Waals surface area contributed by atoms with E-state index in [1.807, 2.05) is 0 Å². The summed E-state index contributed by atoms with van der Waals surface area (Å²) < 4.78 is 38.4. The van der Waals surface area contributed by atoms with Gasteiger partial charge in [-0.05, 0) is 29.5 Å². The number of rotatable bonds is 8. The first-order chi connectivity index (χ1) is 14.0. The summed E-state index contributed by atoms with van der Waals surface area (Å²) in [6, 6.07) is 3.86. The van der Waals surface area contributed by atoms with Crippen LogP contribution in [0.15, 0.2) is 30.9 Å². The van der Waals surface area contributed by atoms with E-state index in [2.05, 4.69) is 11.9 Å². The van der Waals surface area contributed by atoms with Crippen molar-refractivity contribution in [3.8, 4) is 0 Å². The third kappa shape index (κ3) is 7.31. The lowest BCUT2D eigenvalue weighted by Gasteiger charge is -2.48. The Labute approximate surface area is 190 Å². The Morgan fingerprint density at radius 3 is 2.23 bits per heavy atom. The first kappa shape index (κ1) is 27.1. The molecule has 0 aromatic heterocycles. The summed E-state index contributed by atoms with van der Waals surface area (Å²) in [5, 5.41) is 12.5. The number of carbonyl (C=O) groups excluding carboxylic acids is 1. The van der Waals surface area contributed by atoms with Crippen molar-refractivity contribution in [2.75, 3.05) is 13.6 Å². The molecule has 174 valence electrons. The zero-order valence-electron chi connectivity index (χ0n) is 17.8. The third-order valence-electron chi connectivity index (χ3n) is 4.99. The molecular weight excluding hydrogens is 456 g/mol. The molecule has 0 saturated carbocycles. The maximum absolute atomic E-state index is 12.8. The van der Waals surface area contributed by atoms with Crippen molar-refractivity contribution in [3.05, 3.63) is 46.5 Å². The van der Waals surface area contributed by atoms with Gasteiger partial charge in [0, 0.05) is 25.0 Å². The van der Waals surface area contributed by atoms with Gasteiger partial charge < -0.3 is 15.3 Å². The van der Waals surface area contributed by atoms with Crippen molar-refractivity contribution >= 4 is 35.2 Å². The van der Waals surface area contributed by atoms with Crippen LogP contribution in [-0.2, 0) is 10.2 Å². The summed E-state index contributed by atoms with van der Waals surface area (Å²) in [4.78, 5) is 24.9. The van der Waals surface area contributed by atoms with Gasteiger partial charge in [-0.25, -0.2) is 4.79 Å². The molecule has 0 aliphatic rings. The van der Waals surface area contributed by atoms with Gasteiger partial charge in [0.1, 0.15) is 6.42 Å². The van der Waals surface area contributed by atoms with Gasteiger partial charge in [-0.3, -0.25) is 4.79 Å². The predicted octanol–water partition coefficient (Wildman–Crippen LogP) is 5.90. The predicted molar refractivity (Wildman–Crippen MR) is 116 cm³/mol. The smallest absolute Gasteiger partial charge is 0.404 e. The Hall–Kier alpha value is -1.93. The third-order valence-corrected chi connectivity index (χ3v) is 5.73. The van der Waals surface area contributed by atoms with Gasteiger partial charge in [0.25, 0.3) is 0 Å². The molecule has 1 aromatic rings. The second-order valence-corrected chi connectivity index (χ2v) is 9.38. The van der Waals surface area contributed by atoms with Crippen LogP contribution in [0, 0.1) is 5.41 Å². The fourth-order valence-electron chi connectivity index (χ4n) is 3.84. The zero-order chi connectivity index (χ0) is 24.2. The Morgan fingerprint density at radius 1 is 1.23 bits per heavy atom. The van der Waals surface area contributed by atoms with Crippen LogP contribution in [0.25, 0.3) is 0 Å². The summed E-state index contributed by atoms with van der Waals surface area (Å²) in [6.07, 6.45) is -5.91. The minimum Gasteiger partial charge on any atom is -0.465 e. The monoisotopic (exact) mass is 482 g/mol. The Bertz CT molecular complexity index is 825. The number of alkyl halides is 3. The molecular formula is C21H27Cl2F3N2O3. The van der Waals surface area contributed by atoms with Crippen LogP contribution in [0.3, 0.4) is 0 Å². The molecule has 0 spiro atoms. The number of hydrogen-bond acceptors (Lipinski definition) is 2. The van der Waals surface area contributed by atoms with Crippen molar-refractivity contribution in [1.29, 1.82) is 0 Å². The molecule has 5 nitrogen and oxygen atoms in total. The van der Waals surface area contributed by atoms with Crippen LogP contribution >= 0.6 is 23.2 Å². The number of nitrogens with one attached hydrogen (secondary N) is 1. The van der Waals surface area contributed by atoms with E-state index in [0.29, 0.717) is 5.56 Å². The van der Waals surface area contributed by atoms with E-state index < -0.39 is 41.5 Å². The summed E-state index contributed by atoms with van der Waals surface area (Å²) >= 11 is 12.2. The van der Waals surface area contributed by atoms with Crippen molar-refractivity contribution in [3.63, 3.8) is 0 Å². The molecule has 2 N–H and O–H groups in total. The van der Waals surface area contributed by atoms with Crippen molar-refractivity contribution in [1.82, 2.24) is 10.2 Å². The average Bonchev–Trinajstić information content (AvgIpc) is 2.59. The highest BCUT2D eigenvalue weighted by atomic mass is 35.5. The highest BCUT2D eigenvalue weighted by Crippen LogP contribution is 2.43. The summed E-state index contributed by atoms with van der Waals surface area (Å²) in [5.74, 6) is -1.14. The van der Waals surface area contributed by atoms with Crippen LogP contribution in [0.4, 0.5) is 18.0 Å². The van der Waals surface area contributed by atoms with Gasteiger partial charge in [0.2, 0.25) is 5.91 Å². The van der Waals surface area contributed by atoms with Gasteiger partial charge >= 0.3 is 12.3 Å². The fourth-order valence-corrected chi connectivity index (χ4v) is 4.14. The lowest BCUT2D eigenvalue weighted by atomic mass is 9.63. The van der Waals surface area contributed by atoms with E-state index in [4.69, 9.17) is 23.2 Å². The van der Waals surface area contributed by atoms with Crippen LogP contribution in [0.1, 0.15) is 39.2 Å². The molecule has 1 rings (SSSR count). The molecule has 10 heteroatoms. The topological polar surface area (TPSA) is 69.6 Å². The molecule has 0 heterocycles. The number of nitrogens with zero attached hydrogens (tertiary/aromatic N) is 1. The number of carboxylic acid groups (broad SMARTS) is 1. The molecule has 0 saturated heterocycles. The average molecular weight is 483 g/mol. The normalized spacial score (nSPS) is 15.0. The van der Waals surface area contributed by atoms with Gasteiger partial charge in [-0.15, -0.1) is 6.58 Å². The lowest BCUT2D eigenvalue weighted by molar-refractivity contribution is -0.161. The zero-order valence-corrected chi connectivity index (χ0v) is 19.3. The molecule has 31 heavy (non-hydrogen) atoms. The molecule has 0 fully saturated rings. The van der Waals surface area contributed by atoms with Gasteiger partial charge in [0.15, 0.2) is 0 Å². The maximum atomic E-state index is 12.8. The first-order valence-electron chi connectivity index (χ1n) is 9.40. The Morgan fingerprint density at radius 2 is 1.81 bits per heavy atom. The van der Waals surface area contributed by atoms with Crippen LogP contribution in [0.5, 0.6) is 0 Å². The molecule has 0 aliphatic heterocycles. The van der Waals surface area contributed by atoms with Crippen LogP contribution < -0.4 is 5.32 Å². The first-order valence-corrected chi connectivity index (χ1v) is 10.2. The van der Waals surface area contributed by atoms with Gasteiger partial charge in [-0.2, -0.15) is 13.2 Å². The Balaban J connectivity index is 3.70. The van der Waals surface area contributed by atoms with E-state index in [1.54, 1.807) is 26.8 Å². The van der Waals surface area contributed by atoms with E-state index in [-0.39, 0.29) is 23.0 Å². The van der Waals surface area contributed by atoms with E-state index in [0.717, 1.165) is 4.90 Å². The summed E-state index contributed by atoms with van der Waals surface area (Å²) in [5.41, 5.74) is -1.36. The lowest BCUT2D eigenvalue weighted by Crippen LogP contribution is -2.61. The standard InChI is InChI=1S/C21H27Cl2F3N2O3/c1-6-9-20(13-7-8-14(22)15(23)10-13,17(19(2,3)4)27-18(30)31)12-28(5)16(29)11-21(24,25)26/h6-8,10,17,27H,1,9,11-12H2,2-5H3,(H,30,31). The molecule has 0 aliphatic carbocycles. The quantitative estimate of drug-likeness (QED) is 0.453. The summed E-state index contributed by atoms with van der Waals surface area (Å²) in [6.45, 7) is 8.91. The van der Waals surface area contributed by atoms with Crippen LogP contribution in [-0.4, -0.2) is 47.8 Å². The van der Waals surface area contributed by atoms with Gasteiger partial charge in [-0.1, -0.05) is 56.1 Å². The SMILES string of the molecule is C=CCC(CN(C)C(=O)CC(F)(F)F)(c1ccc(Cl)c(Cl)c1)C(NC(=O)O)C(C)(C)C. The van der Waals surface area contributed by atoms with E-state index in [1.165, 1.54) is 25.3 Å². The van der Waals surface area contributed by atoms with Crippen molar-refractivity contribution < 1.29 is 27.9 Å². The number of likely N-dealkylation sites (N-methyl/N-ethyl adjacent to an activating group) is 1. The fraction of sp³-hybridized carbons (Fsp3) is 0.524. The number of allylic oxidation sites excluding steroid dienone is 1. The second-order valence-electron chi connectivity index (χ2n) is 8.57. The molecule has 2 atom stereocenters. The molecule has 2 amide bonds. The maximum Gasteiger partial charge on any atom is 0.404 e. The minimum atomic E-state index is -4.67.